The van der Waals surface area contributed by atoms with Crippen molar-refractivity contribution in [2.45, 2.75) is 26.7 Å². The Hall–Kier alpha value is -1.64. The SMILES string of the molecule is C=Cc1cc(C)c(C(=O)N2CCCC(C)C2)c(F)c1. The molecule has 0 radical (unpaired) electrons. The summed E-state index contributed by atoms with van der Waals surface area (Å²) in [5.41, 5.74) is 1.59. The molecule has 1 aromatic rings. The van der Waals surface area contributed by atoms with Gasteiger partial charge >= 0.3 is 0 Å². The van der Waals surface area contributed by atoms with Crippen LogP contribution in [0.15, 0.2) is 18.7 Å². The van der Waals surface area contributed by atoms with E-state index in [1.54, 1.807) is 24.0 Å². The molecule has 2 rings (SSSR count). The summed E-state index contributed by atoms with van der Waals surface area (Å²) < 4.78 is 14.1. The van der Waals surface area contributed by atoms with Crippen molar-refractivity contribution < 1.29 is 9.18 Å². The lowest BCUT2D eigenvalue weighted by Gasteiger charge is -2.31. The maximum absolute atomic E-state index is 14.1. The highest BCUT2D eigenvalue weighted by molar-refractivity contribution is 5.96. The number of likely N-dealkylation sites (tertiary alicyclic amines) is 1. The number of amides is 1. The molecule has 1 amide bonds. The summed E-state index contributed by atoms with van der Waals surface area (Å²) in [4.78, 5) is 14.2. The quantitative estimate of drug-likeness (QED) is 0.795. The first kappa shape index (κ1) is 13.8. The van der Waals surface area contributed by atoms with Gasteiger partial charge in [0.05, 0.1) is 5.56 Å². The molecule has 19 heavy (non-hydrogen) atoms. The topological polar surface area (TPSA) is 20.3 Å². The molecule has 1 aliphatic rings. The fraction of sp³-hybridized carbons (Fsp3) is 0.438. The van der Waals surface area contributed by atoms with Crippen LogP contribution in [0.3, 0.4) is 0 Å². The first-order valence-corrected chi connectivity index (χ1v) is 6.74. The van der Waals surface area contributed by atoms with Gasteiger partial charge in [0.15, 0.2) is 0 Å². The van der Waals surface area contributed by atoms with E-state index in [1.165, 1.54) is 6.07 Å². The lowest BCUT2D eigenvalue weighted by molar-refractivity contribution is 0.0677. The van der Waals surface area contributed by atoms with E-state index in [9.17, 15) is 9.18 Å². The summed E-state index contributed by atoms with van der Waals surface area (Å²) >= 11 is 0. The van der Waals surface area contributed by atoms with E-state index in [2.05, 4.69) is 13.5 Å². The normalized spacial score (nSPS) is 19.3. The predicted octanol–water partition coefficient (Wildman–Crippen LogP) is 3.65. The molecule has 3 heteroatoms. The minimum atomic E-state index is -0.446. The van der Waals surface area contributed by atoms with E-state index in [-0.39, 0.29) is 11.5 Å². The summed E-state index contributed by atoms with van der Waals surface area (Å²) in [5.74, 6) is -0.135. The molecule has 2 nitrogen and oxygen atoms in total. The van der Waals surface area contributed by atoms with Gasteiger partial charge in [0.2, 0.25) is 0 Å². The first-order chi connectivity index (χ1) is 9.02. The first-order valence-electron chi connectivity index (χ1n) is 6.74. The van der Waals surface area contributed by atoms with Crippen molar-refractivity contribution in [2.24, 2.45) is 5.92 Å². The van der Waals surface area contributed by atoms with Gasteiger partial charge in [-0.2, -0.15) is 0 Å². The molecule has 1 unspecified atom stereocenters. The Morgan fingerprint density at radius 2 is 2.26 bits per heavy atom. The molecule has 0 aromatic heterocycles. The average Bonchev–Trinajstić information content (AvgIpc) is 2.37. The van der Waals surface area contributed by atoms with Crippen molar-refractivity contribution in [3.8, 4) is 0 Å². The van der Waals surface area contributed by atoms with Gasteiger partial charge in [0.1, 0.15) is 5.82 Å². The second kappa shape index (κ2) is 5.55. The highest BCUT2D eigenvalue weighted by Gasteiger charge is 2.25. The number of hydrogen-bond donors (Lipinski definition) is 0. The van der Waals surface area contributed by atoms with E-state index in [0.717, 1.165) is 25.9 Å². The van der Waals surface area contributed by atoms with E-state index in [0.29, 0.717) is 17.0 Å². The van der Waals surface area contributed by atoms with Gasteiger partial charge in [-0.05, 0) is 42.9 Å². The largest absolute Gasteiger partial charge is 0.338 e. The van der Waals surface area contributed by atoms with E-state index in [1.807, 2.05) is 0 Å². The number of carbonyl (C=O) groups is 1. The standard InChI is InChI=1S/C16H20FNO/c1-4-13-8-12(3)15(14(17)9-13)16(19)18-7-5-6-11(2)10-18/h4,8-9,11H,1,5-7,10H2,2-3H3. The zero-order valence-corrected chi connectivity index (χ0v) is 11.6. The van der Waals surface area contributed by atoms with E-state index in [4.69, 9.17) is 0 Å². The molecule has 1 heterocycles. The second-order valence-electron chi connectivity index (χ2n) is 5.40. The number of benzene rings is 1. The highest BCUT2D eigenvalue weighted by Crippen LogP contribution is 2.22. The Kier molecular flexibility index (Phi) is 4.03. The third-order valence-electron chi connectivity index (χ3n) is 3.70. The Labute approximate surface area is 113 Å². The maximum atomic E-state index is 14.1. The van der Waals surface area contributed by atoms with Crippen LogP contribution >= 0.6 is 0 Å². The zero-order valence-electron chi connectivity index (χ0n) is 11.6. The van der Waals surface area contributed by atoms with Crippen molar-refractivity contribution >= 4 is 12.0 Å². The highest BCUT2D eigenvalue weighted by atomic mass is 19.1. The van der Waals surface area contributed by atoms with Gasteiger partial charge < -0.3 is 4.90 Å². The van der Waals surface area contributed by atoms with Gasteiger partial charge in [0, 0.05) is 13.1 Å². The number of hydrogen-bond acceptors (Lipinski definition) is 1. The van der Waals surface area contributed by atoms with E-state index >= 15 is 0 Å². The van der Waals surface area contributed by atoms with Gasteiger partial charge in [0.25, 0.3) is 5.91 Å². The maximum Gasteiger partial charge on any atom is 0.257 e. The molecular formula is C16H20FNO. The van der Waals surface area contributed by atoms with Crippen LogP contribution in [0, 0.1) is 18.7 Å². The molecule has 0 spiro atoms. The molecule has 102 valence electrons. The number of halogens is 1. The number of piperidine rings is 1. The zero-order chi connectivity index (χ0) is 14.0. The molecule has 1 fully saturated rings. The van der Waals surface area contributed by atoms with Crippen LogP contribution in [0.5, 0.6) is 0 Å². The van der Waals surface area contributed by atoms with Crippen LogP contribution in [-0.2, 0) is 0 Å². The molecule has 1 saturated heterocycles. The molecule has 0 aliphatic carbocycles. The Bertz CT molecular complexity index is 486. The molecule has 1 aliphatic heterocycles. The number of carbonyl (C=O) groups excluding carboxylic acids is 1. The van der Waals surface area contributed by atoms with Gasteiger partial charge in [-0.3, -0.25) is 4.79 Å². The van der Waals surface area contributed by atoms with Crippen molar-refractivity contribution in [3.63, 3.8) is 0 Å². The summed E-state index contributed by atoms with van der Waals surface area (Å²) in [5, 5.41) is 0. The molecule has 0 bridgehead atoms. The lowest BCUT2D eigenvalue weighted by Crippen LogP contribution is -2.39. The number of rotatable bonds is 2. The van der Waals surface area contributed by atoms with Gasteiger partial charge in [-0.25, -0.2) is 4.39 Å². The van der Waals surface area contributed by atoms with Crippen molar-refractivity contribution in [1.29, 1.82) is 0 Å². The van der Waals surface area contributed by atoms with Crippen LogP contribution < -0.4 is 0 Å². The van der Waals surface area contributed by atoms with Crippen LogP contribution in [0.2, 0.25) is 0 Å². The fourth-order valence-electron chi connectivity index (χ4n) is 2.69. The molecular weight excluding hydrogens is 241 g/mol. The average molecular weight is 261 g/mol. The summed E-state index contributed by atoms with van der Waals surface area (Å²) in [6.07, 6.45) is 3.73. The molecule has 1 aromatic carbocycles. The van der Waals surface area contributed by atoms with Crippen LogP contribution in [0.25, 0.3) is 6.08 Å². The predicted molar refractivity (Wildman–Crippen MR) is 75.5 cm³/mol. The van der Waals surface area contributed by atoms with Gasteiger partial charge in [-0.1, -0.05) is 25.6 Å². The van der Waals surface area contributed by atoms with Gasteiger partial charge in [-0.15, -0.1) is 0 Å². The lowest BCUT2D eigenvalue weighted by atomic mass is 9.98. The minimum absolute atomic E-state index is 0.183. The van der Waals surface area contributed by atoms with Crippen molar-refractivity contribution in [1.82, 2.24) is 4.90 Å². The summed E-state index contributed by atoms with van der Waals surface area (Å²) in [6.45, 7) is 8.98. The third kappa shape index (κ3) is 2.86. The smallest absolute Gasteiger partial charge is 0.257 e. The molecule has 0 saturated carbocycles. The van der Waals surface area contributed by atoms with Crippen molar-refractivity contribution in [2.75, 3.05) is 13.1 Å². The Morgan fingerprint density at radius 1 is 1.53 bits per heavy atom. The van der Waals surface area contributed by atoms with E-state index < -0.39 is 5.82 Å². The summed E-state index contributed by atoms with van der Waals surface area (Å²) in [7, 11) is 0. The number of aryl methyl sites for hydroxylation is 1. The Balaban J connectivity index is 2.30. The minimum Gasteiger partial charge on any atom is -0.338 e. The molecule has 1 atom stereocenters. The third-order valence-corrected chi connectivity index (χ3v) is 3.70. The van der Waals surface area contributed by atoms with Crippen LogP contribution in [0.4, 0.5) is 4.39 Å². The summed E-state index contributed by atoms with van der Waals surface area (Å²) in [6, 6.07) is 3.18. The van der Waals surface area contributed by atoms with Crippen LogP contribution in [0.1, 0.15) is 41.3 Å². The van der Waals surface area contributed by atoms with Crippen LogP contribution in [-0.4, -0.2) is 23.9 Å². The monoisotopic (exact) mass is 261 g/mol. The second-order valence-corrected chi connectivity index (χ2v) is 5.40. The Morgan fingerprint density at radius 3 is 2.84 bits per heavy atom. The number of nitrogens with zero attached hydrogens (tertiary/aromatic N) is 1. The molecule has 0 N–H and O–H groups in total. The fourth-order valence-corrected chi connectivity index (χ4v) is 2.69. The van der Waals surface area contributed by atoms with Crippen molar-refractivity contribution in [3.05, 3.63) is 41.2 Å².